The summed E-state index contributed by atoms with van der Waals surface area (Å²) in [5, 5.41) is 3.55. The lowest BCUT2D eigenvalue weighted by atomic mass is 10.0. The van der Waals surface area contributed by atoms with Gasteiger partial charge >= 0.3 is 0 Å². The number of aromatic nitrogens is 4. The Hall–Kier alpha value is -1.63. The van der Waals surface area contributed by atoms with E-state index in [0.717, 1.165) is 17.0 Å². The molecule has 0 saturated carbocycles. The maximum Gasteiger partial charge on any atom is 0.233 e. The molecule has 0 bridgehead atoms. The molecule has 2 aromatic heterocycles. The molecule has 2 rings (SSSR count). The highest BCUT2D eigenvalue weighted by atomic mass is 32.2. The van der Waals surface area contributed by atoms with Gasteiger partial charge in [0.25, 0.3) is 0 Å². The molecule has 2 heterocycles. The number of H-pyrrole nitrogens is 1. The van der Waals surface area contributed by atoms with Gasteiger partial charge in [0.15, 0.2) is 5.65 Å². The molecule has 108 valence electrons. The number of nitrogens with one attached hydrogen (secondary N) is 2. The number of hydrogen-bond donors (Lipinski definition) is 2. The van der Waals surface area contributed by atoms with Crippen molar-refractivity contribution in [1.82, 2.24) is 25.3 Å². The Morgan fingerprint density at radius 3 is 2.90 bits per heavy atom. The predicted octanol–water partition coefficient (Wildman–Crippen LogP) is 2.14. The maximum absolute atomic E-state index is 12.2. The summed E-state index contributed by atoms with van der Waals surface area (Å²) in [6, 6.07) is 0. The van der Waals surface area contributed by atoms with Crippen LogP contribution in [0.2, 0.25) is 0 Å². The molecule has 0 aliphatic rings. The van der Waals surface area contributed by atoms with Gasteiger partial charge in [0, 0.05) is 5.54 Å². The van der Waals surface area contributed by atoms with Crippen LogP contribution >= 0.6 is 11.8 Å². The van der Waals surface area contributed by atoms with Gasteiger partial charge in [-0.2, -0.15) is 0 Å². The molecular formula is C13H19N5OS. The van der Waals surface area contributed by atoms with E-state index < -0.39 is 0 Å². The van der Waals surface area contributed by atoms with Crippen molar-refractivity contribution in [1.29, 1.82) is 0 Å². The Labute approximate surface area is 122 Å². The van der Waals surface area contributed by atoms with Crippen LogP contribution < -0.4 is 5.32 Å². The van der Waals surface area contributed by atoms with Crippen LogP contribution in [0.4, 0.5) is 0 Å². The van der Waals surface area contributed by atoms with Crippen LogP contribution in [0.3, 0.4) is 0 Å². The number of fused-ring (bicyclic) bond motifs is 1. The summed E-state index contributed by atoms with van der Waals surface area (Å²) in [5.41, 5.74) is 1.19. The molecule has 0 aliphatic heterocycles. The number of rotatable bonds is 5. The number of thioether (sulfide) groups is 1. The summed E-state index contributed by atoms with van der Waals surface area (Å²) >= 11 is 1.40. The fraction of sp³-hybridized carbons (Fsp3) is 0.538. The van der Waals surface area contributed by atoms with E-state index >= 15 is 0 Å². The second-order valence-electron chi connectivity index (χ2n) is 5.27. The van der Waals surface area contributed by atoms with E-state index in [4.69, 9.17) is 0 Å². The van der Waals surface area contributed by atoms with Crippen molar-refractivity contribution in [2.45, 2.75) is 49.9 Å². The first-order valence-corrected chi connectivity index (χ1v) is 7.43. The standard InChI is InChI=1S/C13H19N5OS/c1-5-13(3,4)18-11(19)8(2)20-12-9-10(15-6-14-9)16-7-17-12/h6-8H,5H2,1-4H3,(H,18,19)(H,14,15,16,17). The van der Waals surface area contributed by atoms with Gasteiger partial charge in [-0.15, -0.1) is 0 Å². The fourth-order valence-electron chi connectivity index (χ4n) is 1.58. The van der Waals surface area contributed by atoms with Gasteiger partial charge in [-0.05, 0) is 27.2 Å². The third kappa shape index (κ3) is 3.27. The number of amides is 1. The van der Waals surface area contributed by atoms with Gasteiger partial charge < -0.3 is 10.3 Å². The number of nitrogens with zero attached hydrogens (tertiary/aromatic N) is 3. The lowest BCUT2D eigenvalue weighted by molar-refractivity contribution is -0.121. The third-order valence-corrected chi connectivity index (χ3v) is 4.29. The van der Waals surface area contributed by atoms with Crippen LogP contribution in [0.5, 0.6) is 0 Å². The average Bonchev–Trinajstić information content (AvgIpc) is 2.87. The van der Waals surface area contributed by atoms with Crippen molar-refractivity contribution in [3.63, 3.8) is 0 Å². The van der Waals surface area contributed by atoms with Gasteiger partial charge in [-0.3, -0.25) is 4.79 Å². The molecule has 1 atom stereocenters. The molecule has 1 amide bonds. The van der Waals surface area contributed by atoms with E-state index in [9.17, 15) is 4.79 Å². The monoisotopic (exact) mass is 293 g/mol. The minimum Gasteiger partial charge on any atom is -0.350 e. The van der Waals surface area contributed by atoms with Crippen molar-refractivity contribution >= 4 is 28.8 Å². The van der Waals surface area contributed by atoms with Crippen molar-refractivity contribution in [2.75, 3.05) is 0 Å². The summed E-state index contributed by atoms with van der Waals surface area (Å²) in [6.07, 6.45) is 3.93. The third-order valence-electron chi connectivity index (χ3n) is 3.19. The van der Waals surface area contributed by atoms with Gasteiger partial charge in [0.05, 0.1) is 11.6 Å². The van der Waals surface area contributed by atoms with E-state index in [0.29, 0.717) is 5.65 Å². The molecule has 0 radical (unpaired) electrons. The number of aromatic amines is 1. The van der Waals surface area contributed by atoms with Crippen molar-refractivity contribution in [3.8, 4) is 0 Å². The molecule has 7 heteroatoms. The van der Waals surface area contributed by atoms with E-state index in [2.05, 4.69) is 32.2 Å². The van der Waals surface area contributed by atoms with Crippen molar-refractivity contribution < 1.29 is 4.79 Å². The normalized spacial score (nSPS) is 13.4. The average molecular weight is 293 g/mol. The van der Waals surface area contributed by atoms with E-state index in [-0.39, 0.29) is 16.7 Å². The minimum absolute atomic E-state index is 0.00753. The van der Waals surface area contributed by atoms with Crippen LogP contribution in [0.25, 0.3) is 11.2 Å². The van der Waals surface area contributed by atoms with Gasteiger partial charge in [0.1, 0.15) is 16.9 Å². The topological polar surface area (TPSA) is 83.6 Å². The van der Waals surface area contributed by atoms with Crippen LogP contribution in [0.1, 0.15) is 34.1 Å². The first-order chi connectivity index (χ1) is 9.43. The Bertz CT molecular complexity index is 610. The zero-order valence-corrected chi connectivity index (χ0v) is 12.9. The molecule has 2 N–H and O–H groups in total. The summed E-state index contributed by atoms with van der Waals surface area (Å²) < 4.78 is 0. The molecule has 0 aromatic carbocycles. The lowest BCUT2D eigenvalue weighted by Gasteiger charge is -2.26. The Morgan fingerprint density at radius 2 is 2.20 bits per heavy atom. The van der Waals surface area contributed by atoms with E-state index in [1.807, 2.05) is 20.8 Å². The first kappa shape index (κ1) is 14.8. The molecule has 0 aliphatic carbocycles. The number of carbonyl (C=O) groups excluding carboxylic acids is 1. The maximum atomic E-state index is 12.2. The van der Waals surface area contributed by atoms with Gasteiger partial charge in [-0.25, -0.2) is 15.0 Å². The number of imidazole rings is 1. The SMILES string of the molecule is CCC(C)(C)NC(=O)C(C)Sc1ncnc2nc[nH]c12. The molecule has 2 aromatic rings. The van der Waals surface area contributed by atoms with Gasteiger partial charge in [0.2, 0.25) is 5.91 Å². The van der Waals surface area contributed by atoms with Crippen molar-refractivity contribution in [3.05, 3.63) is 12.7 Å². The van der Waals surface area contributed by atoms with E-state index in [1.165, 1.54) is 18.1 Å². The Morgan fingerprint density at radius 1 is 1.45 bits per heavy atom. The molecule has 1 unspecified atom stereocenters. The summed E-state index contributed by atoms with van der Waals surface area (Å²) in [5.74, 6) is 0.00753. The van der Waals surface area contributed by atoms with E-state index in [1.54, 1.807) is 6.33 Å². The summed E-state index contributed by atoms with van der Waals surface area (Å²) in [7, 11) is 0. The predicted molar refractivity (Wildman–Crippen MR) is 79.5 cm³/mol. The molecule has 0 saturated heterocycles. The first-order valence-electron chi connectivity index (χ1n) is 6.55. The molecule has 6 nitrogen and oxygen atoms in total. The fourth-order valence-corrected chi connectivity index (χ4v) is 2.45. The number of hydrogen-bond acceptors (Lipinski definition) is 5. The highest BCUT2D eigenvalue weighted by Gasteiger charge is 2.23. The second-order valence-corrected chi connectivity index (χ2v) is 6.60. The van der Waals surface area contributed by atoms with Crippen LogP contribution in [-0.2, 0) is 4.79 Å². The van der Waals surface area contributed by atoms with Crippen molar-refractivity contribution in [2.24, 2.45) is 0 Å². The molecule has 20 heavy (non-hydrogen) atoms. The number of carbonyl (C=O) groups is 1. The highest BCUT2D eigenvalue weighted by molar-refractivity contribution is 8.00. The largest absolute Gasteiger partial charge is 0.350 e. The van der Waals surface area contributed by atoms with Crippen LogP contribution in [0.15, 0.2) is 17.7 Å². The lowest BCUT2D eigenvalue weighted by Crippen LogP contribution is -2.46. The zero-order chi connectivity index (χ0) is 14.8. The van der Waals surface area contributed by atoms with Gasteiger partial charge in [-0.1, -0.05) is 18.7 Å². The quantitative estimate of drug-likeness (QED) is 0.652. The second kappa shape index (κ2) is 5.78. The molecule has 0 spiro atoms. The highest BCUT2D eigenvalue weighted by Crippen LogP contribution is 2.26. The Kier molecular flexibility index (Phi) is 4.27. The smallest absolute Gasteiger partial charge is 0.233 e. The van der Waals surface area contributed by atoms with Crippen LogP contribution in [0, 0.1) is 0 Å². The summed E-state index contributed by atoms with van der Waals surface area (Å²) in [4.78, 5) is 27.6. The summed E-state index contributed by atoms with van der Waals surface area (Å²) in [6.45, 7) is 7.95. The minimum atomic E-state index is -0.234. The Balaban J connectivity index is 2.09. The van der Waals surface area contributed by atoms with Crippen LogP contribution in [-0.4, -0.2) is 36.6 Å². The zero-order valence-electron chi connectivity index (χ0n) is 12.1. The molecule has 0 fully saturated rings. The molecular weight excluding hydrogens is 274 g/mol.